The predicted molar refractivity (Wildman–Crippen MR) is 90.2 cm³/mol. The Kier molecular flexibility index (Phi) is 4.68. The Morgan fingerprint density at radius 2 is 1.74 bits per heavy atom. The van der Waals surface area contributed by atoms with Crippen molar-refractivity contribution in [3.05, 3.63) is 77.2 Å². The first-order valence-electron chi connectivity index (χ1n) is 7.61. The summed E-state index contributed by atoms with van der Waals surface area (Å²) in [6, 6.07) is 12.1. The van der Waals surface area contributed by atoms with E-state index in [1.807, 2.05) is 0 Å². The quantitative estimate of drug-likeness (QED) is 0.677. The molecule has 0 aliphatic heterocycles. The third-order valence-electron chi connectivity index (χ3n) is 3.63. The molecular weight excluding hydrogens is 363 g/mol. The minimum atomic E-state index is -4.55. The van der Waals surface area contributed by atoms with Gasteiger partial charge in [0, 0.05) is 11.3 Å². The average Bonchev–Trinajstić information content (AvgIpc) is 3.03. The van der Waals surface area contributed by atoms with Gasteiger partial charge in [-0.3, -0.25) is 9.59 Å². The van der Waals surface area contributed by atoms with Gasteiger partial charge >= 0.3 is 6.18 Å². The van der Waals surface area contributed by atoms with E-state index >= 15 is 0 Å². The highest BCUT2D eigenvalue weighted by Gasteiger charge is 2.31. The van der Waals surface area contributed by atoms with Crippen LogP contribution in [0.5, 0.6) is 0 Å². The number of hydrogen-bond acceptors (Lipinski definition) is 5. The van der Waals surface area contributed by atoms with Gasteiger partial charge in [0.05, 0.1) is 5.56 Å². The van der Waals surface area contributed by atoms with Crippen LogP contribution in [0, 0.1) is 0 Å². The third-order valence-corrected chi connectivity index (χ3v) is 3.63. The Balaban J connectivity index is 1.83. The maximum absolute atomic E-state index is 12.7. The molecule has 0 aliphatic rings. The number of halogens is 3. The van der Waals surface area contributed by atoms with E-state index in [2.05, 4.69) is 10.5 Å². The lowest BCUT2D eigenvalue weighted by Crippen LogP contribution is -2.15. The van der Waals surface area contributed by atoms with E-state index in [9.17, 15) is 22.8 Å². The van der Waals surface area contributed by atoms with Gasteiger partial charge in [-0.25, -0.2) is 0 Å². The second-order valence-corrected chi connectivity index (χ2v) is 5.50. The number of carbonyl (C=O) groups excluding carboxylic acids is 2. The SMILES string of the molecule is Nc1c(C(=O)Nc2cccc(C(F)(F)F)c2)noc1C(=O)c1ccccc1. The maximum Gasteiger partial charge on any atom is 0.416 e. The summed E-state index contributed by atoms with van der Waals surface area (Å²) >= 11 is 0. The normalized spacial score (nSPS) is 11.2. The fourth-order valence-electron chi connectivity index (χ4n) is 2.31. The van der Waals surface area contributed by atoms with Crippen molar-refractivity contribution in [2.45, 2.75) is 6.18 Å². The zero-order valence-electron chi connectivity index (χ0n) is 13.6. The molecule has 9 heteroatoms. The lowest BCUT2D eigenvalue weighted by atomic mass is 10.1. The topological polar surface area (TPSA) is 98.2 Å². The number of nitrogens with one attached hydrogen (secondary N) is 1. The molecular formula is C18H12F3N3O3. The summed E-state index contributed by atoms with van der Waals surface area (Å²) in [4.78, 5) is 24.6. The molecule has 0 saturated carbocycles. The number of amides is 1. The Morgan fingerprint density at radius 1 is 1.04 bits per heavy atom. The molecule has 3 N–H and O–H groups in total. The van der Waals surface area contributed by atoms with Crippen molar-refractivity contribution in [2.24, 2.45) is 0 Å². The molecule has 0 spiro atoms. The van der Waals surface area contributed by atoms with E-state index in [4.69, 9.17) is 10.3 Å². The smallest absolute Gasteiger partial charge is 0.393 e. The molecule has 27 heavy (non-hydrogen) atoms. The summed E-state index contributed by atoms with van der Waals surface area (Å²) in [6.45, 7) is 0. The van der Waals surface area contributed by atoms with Gasteiger partial charge in [-0.05, 0) is 18.2 Å². The van der Waals surface area contributed by atoms with Crippen LogP contribution in [0.1, 0.15) is 32.2 Å². The summed E-state index contributed by atoms with van der Waals surface area (Å²) < 4.78 is 43.1. The zero-order chi connectivity index (χ0) is 19.6. The molecule has 1 amide bonds. The fourth-order valence-corrected chi connectivity index (χ4v) is 2.31. The van der Waals surface area contributed by atoms with Crippen molar-refractivity contribution in [1.29, 1.82) is 0 Å². The van der Waals surface area contributed by atoms with E-state index in [1.54, 1.807) is 18.2 Å². The van der Waals surface area contributed by atoms with E-state index in [0.717, 1.165) is 18.2 Å². The first kappa shape index (κ1) is 18.2. The van der Waals surface area contributed by atoms with Gasteiger partial charge in [0.1, 0.15) is 5.69 Å². The van der Waals surface area contributed by atoms with Crippen LogP contribution in [0.15, 0.2) is 59.1 Å². The highest BCUT2D eigenvalue weighted by molar-refractivity contribution is 6.14. The number of nitrogens with two attached hydrogens (primary N) is 1. The lowest BCUT2D eigenvalue weighted by molar-refractivity contribution is -0.137. The van der Waals surface area contributed by atoms with Crippen LogP contribution in [0.4, 0.5) is 24.5 Å². The molecule has 0 aliphatic carbocycles. The molecule has 0 fully saturated rings. The van der Waals surface area contributed by atoms with Crippen LogP contribution in [-0.2, 0) is 6.18 Å². The molecule has 138 valence electrons. The molecule has 0 radical (unpaired) electrons. The monoisotopic (exact) mass is 375 g/mol. The van der Waals surface area contributed by atoms with Gasteiger partial charge in [-0.1, -0.05) is 41.6 Å². The number of anilines is 2. The van der Waals surface area contributed by atoms with Crippen molar-refractivity contribution in [3.8, 4) is 0 Å². The van der Waals surface area contributed by atoms with Crippen LogP contribution in [0.2, 0.25) is 0 Å². The van der Waals surface area contributed by atoms with Gasteiger partial charge in [-0.15, -0.1) is 0 Å². The van der Waals surface area contributed by atoms with E-state index in [0.29, 0.717) is 0 Å². The number of rotatable bonds is 4. The van der Waals surface area contributed by atoms with Gasteiger partial charge < -0.3 is 15.6 Å². The number of nitrogens with zero attached hydrogens (tertiary/aromatic N) is 1. The van der Waals surface area contributed by atoms with Crippen LogP contribution >= 0.6 is 0 Å². The highest BCUT2D eigenvalue weighted by atomic mass is 19.4. The van der Waals surface area contributed by atoms with Gasteiger partial charge in [-0.2, -0.15) is 13.2 Å². The van der Waals surface area contributed by atoms with Crippen molar-refractivity contribution < 1.29 is 27.3 Å². The number of alkyl halides is 3. The molecule has 0 bridgehead atoms. The van der Waals surface area contributed by atoms with Crippen molar-refractivity contribution in [1.82, 2.24) is 5.16 Å². The standard InChI is InChI=1S/C18H12F3N3O3/c19-18(20,21)11-7-4-8-12(9-11)23-17(26)14-13(22)16(27-24-14)15(25)10-5-2-1-3-6-10/h1-9H,22H2,(H,23,26). The summed E-state index contributed by atoms with van der Waals surface area (Å²) in [6.07, 6.45) is -4.55. The molecule has 3 rings (SSSR count). The summed E-state index contributed by atoms with van der Waals surface area (Å²) in [5.74, 6) is -1.79. The first-order valence-corrected chi connectivity index (χ1v) is 7.61. The maximum atomic E-state index is 12.7. The largest absolute Gasteiger partial charge is 0.416 e. The number of nitrogen functional groups attached to an aromatic ring is 1. The van der Waals surface area contributed by atoms with E-state index in [1.165, 1.54) is 18.2 Å². The highest BCUT2D eigenvalue weighted by Crippen LogP contribution is 2.31. The first-order chi connectivity index (χ1) is 12.8. The number of hydrogen-bond donors (Lipinski definition) is 2. The van der Waals surface area contributed by atoms with E-state index < -0.39 is 29.1 Å². The summed E-state index contributed by atoms with van der Waals surface area (Å²) in [5.41, 5.74) is 4.34. The molecule has 6 nitrogen and oxygen atoms in total. The van der Waals surface area contributed by atoms with E-state index in [-0.39, 0.29) is 22.7 Å². The fraction of sp³-hybridized carbons (Fsp3) is 0.0556. The van der Waals surface area contributed by atoms with Crippen molar-refractivity contribution in [3.63, 3.8) is 0 Å². The molecule has 2 aromatic carbocycles. The molecule has 0 atom stereocenters. The Morgan fingerprint density at radius 3 is 2.41 bits per heavy atom. The Labute approximate surface area is 150 Å². The second kappa shape index (κ2) is 6.94. The third kappa shape index (κ3) is 3.81. The van der Waals surface area contributed by atoms with Crippen LogP contribution in [0.3, 0.4) is 0 Å². The zero-order valence-corrected chi connectivity index (χ0v) is 13.6. The minimum Gasteiger partial charge on any atom is -0.393 e. The van der Waals surface area contributed by atoms with Crippen molar-refractivity contribution in [2.75, 3.05) is 11.1 Å². The molecule has 3 aromatic rings. The minimum absolute atomic E-state index is 0.104. The molecule has 0 saturated heterocycles. The summed E-state index contributed by atoms with van der Waals surface area (Å²) in [5, 5.41) is 5.73. The van der Waals surface area contributed by atoms with Gasteiger partial charge in [0.25, 0.3) is 5.91 Å². The molecule has 0 unspecified atom stereocenters. The van der Waals surface area contributed by atoms with Gasteiger partial charge in [0.15, 0.2) is 5.69 Å². The number of ketones is 1. The average molecular weight is 375 g/mol. The summed E-state index contributed by atoms with van der Waals surface area (Å²) in [7, 11) is 0. The predicted octanol–water partition coefficient (Wildman–Crippen LogP) is 3.76. The van der Waals surface area contributed by atoms with Crippen LogP contribution in [-0.4, -0.2) is 16.8 Å². The lowest BCUT2D eigenvalue weighted by Gasteiger charge is -2.09. The number of carbonyl (C=O) groups is 2. The van der Waals surface area contributed by atoms with Crippen LogP contribution < -0.4 is 11.1 Å². The molecule has 1 heterocycles. The van der Waals surface area contributed by atoms with Gasteiger partial charge in [0.2, 0.25) is 11.5 Å². The number of aromatic nitrogens is 1. The number of benzene rings is 2. The second-order valence-electron chi connectivity index (χ2n) is 5.50. The molecule has 1 aromatic heterocycles. The van der Waals surface area contributed by atoms with Crippen LogP contribution in [0.25, 0.3) is 0 Å². The van der Waals surface area contributed by atoms with Crippen molar-refractivity contribution >= 4 is 23.1 Å². The Bertz CT molecular complexity index is 998. The Hall–Kier alpha value is -3.62.